The molecule has 148 valence electrons. The smallest absolute Gasteiger partial charge is 0.387 e. The molecule has 0 amide bonds. The molecular weight excluding hydrogens is 364 g/mol. The molecule has 1 heterocycles. The zero-order chi connectivity index (χ0) is 19.9. The van der Waals surface area contributed by atoms with Gasteiger partial charge in [0.15, 0.2) is 5.78 Å². The summed E-state index contributed by atoms with van der Waals surface area (Å²) in [4.78, 5) is 14.1. The summed E-state index contributed by atoms with van der Waals surface area (Å²) >= 11 is 0. The average molecular weight is 388 g/mol. The Labute approximate surface area is 163 Å². The van der Waals surface area contributed by atoms with Gasteiger partial charge in [-0.1, -0.05) is 18.2 Å². The van der Waals surface area contributed by atoms with Crippen LogP contribution in [0.4, 0.5) is 8.78 Å². The number of nitrogens with one attached hydrogen (secondary N) is 1. The van der Waals surface area contributed by atoms with Gasteiger partial charge in [-0.3, -0.25) is 4.79 Å². The quantitative estimate of drug-likeness (QED) is 0.557. The average Bonchev–Trinajstić information content (AvgIpc) is 3.20. The number of alkyl halides is 2. The van der Waals surface area contributed by atoms with E-state index in [1.165, 1.54) is 36.0 Å². The minimum atomic E-state index is -2.85. The van der Waals surface area contributed by atoms with Crippen LogP contribution in [0.1, 0.15) is 34.3 Å². The van der Waals surface area contributed by atoms with Crippen molar-refractivity contribution in [1.29, 1.82) is 0 Å². The van der Waals surface area contributed by atoms with Gasteiger partial charge in [-0.25, -0.2) is 0 Å². The van der Waals surface area contributed by atoms with Crippen LogP contribution >= 0.6 is 0 Å². The van der Waals surface area contributed by atoms with E-state index in [0.29, 0.717) is 5.56 Å². The van der Waals surface area contributed by atoms with Gasteiger partial charge in [-0.15, -0.1) is 0 Å². The third-order valence-corrected chi connectivity index (χ3v) is 4.85. The van der Waals surface area contributed by atoms with Crippen molar-refractivity contribution in [3.8, 4) is 11.5 Å². The van der Waals surface area contributed by atoms with Crippen molar-refractivity contribution >= 4 is 11.9 Å². The van der Waals surface area contributed by atoms with Crippen molar-refractivity contribution < 1.29 is 27.9 Å². The number of methoxy groups -OCH3 is 1. The maximum Gasteiger partial charge on any atom is 0.387 e. The van der Waals surface area contributed by atoms with Gasteiger partial charge in [0.05, 0.1) is 20.2 Å². The first-order valence-corrected chi connectivity index (χ1v) is 9.33. The van der Waals surface area contributed by atoms with E-state index in [4.69, 9.17) is 4.74 Å². The number of hydrogen-bond donors (Lipinski definition) is 1. The number of ether oxygens (including phenoxy) is 2. The number of hydrogen-bond acceptors (Lipinski definition) is 3. The fourth-order valence-electron chi connectivity index (χ4n) is 3.42. The fraction of sp³-hybridized carbons (Fsp3) is 0.318. The van der Waals surface area contributed by atoms with E-state index >= 15 is 0 Å². The van der Waals surface area contributed by atoms with E-state index in [-0.39, 0.29) is 11.5 Å². The molecule has 0 aromatic heterocycles. The summed E-state index contributed by atoms with van der Waals surface area (Å²) in [7, 11) is 1.64. The number of rotatable bonds is 8. The molecule has 28 heavy (non-hydrogen) atoms. The number of allylic oxidation sites excluding steroid dienone is 1. The van der Waals surface area contributed by atoms with Crippen LogP contribution in [-0.4, -0.2) is 32.6 Å². The first kappa shape index (κ1) is 20.0. The van der Waals surface area contributed by atoms with Crippen LogP contribution in [-0.2, 0) is 6.54 Å². The molecule has 1 saturated heterocycles. The largest absolute Gasteiger partial charge is 0.496 e. The van der Waals surface area contributed by atoms with Gasteiger partial charge in [0.1, 0.15) is 18.0 Å². The van der Waals surface area contributed by atoms with Crippen LogP contribution in [0.3, 0.4) is 0 Å². The lowest BCUT2D eigenvalue weighted by atomic mass is 10.0. The highest BCUT2D eigenvalue weighted by Crippen LogP contribution is 2.21. The zero-order valence-electron chi connectivity index (χ0n) is 15.8. The second-order valence-electron chi connectivity index (χ2n) is 6.81. The van der Waals surface area contributed by atoms with E-state index in [1.54, 1.807) is 31.4 Å². The van der Waals surface area contributed by atoms with Crippen molar-refractivity contribution in [1.82, 2.24) is 0 Å². The molecular formula is C22H24F2NO3+. The van der Waals surface area contributed by atoms with Crippen LogP contribution in [0.15, 0.2) is 48.5 Å². The molecule has 0 radical (unpaired) electrons. The normalized spacial score (nSPS) is 14.7. The van der Waals surface area contributed by atoms with Gasteiger partial charge in [-0.05, 0) is 42.0 Å². The van der Waals surface area contributed by atoms with Crippen molar-refractivity contribution in [2.45, 2.75) is 26.0 Å². The highest BCUT2D eigenvalue weighted by molar-refractivity contribution is 6.07. The fourth-order valence-corrected chi connectivity index (χ4v) is 3.42. The first-order valence-electron chi connectivity index (χ1n) is 9.33. The number of quaternary nitrogens is 1. The minimum absolute atomic E-state index is 0.0858. The van der Waals surface area contributed by atoms with Crippen LogP contribution in [0.2, 0.25) is 0 Å². The molecule has 1 aliphatic heterocycles. The van der Waals surface area contributed by atoms with Crippen LogP contribution in [0.25, 0.3) is 6.08 Å². The Bertz CT molecular complexity index is 828. The molecule has 0 bridgehead atoms. The summed E-state index contributed by atoms with van der Waals surface area (Å²) in [5.41, 5.74) is 2.36. The third kappa shape index (κ3) is 5.39. The Morgan fingerprint density at radius 2 is 1.86 bits per heavy atom. The summed E-state index contributed by atoms with van der Waals surface area (Å²) in [5.74, 6) is 0.769. The van der Waals surface area contributed by atoms with Crippen LogP contribution < -0.4 is 14.4 Å². The predicted octanol–water partition coefficient (Wildman–Crippen LogP) is 3.37. The monoisotopic (exact) mass is 388 g/mol. The maximum absolute atomic E-state index is 12.6. The summed E-state index contributed by atoms with van der Waals surface area (Å²) in [6.45, 7) is 0.285. The molecule has 0 spiro atoms. The lowest BCUT2D eigenvalue weighted by Gasteiger charge is -2.15. The van der Waals surface area contributed by atoms with E-state index < -0.39 is 6.61 Å². The lowest BCUT2D eigenvalue weighted by Crippen LogP contribution is -3.08. The molecule has 1 N–H and O–H groups in total. The third-order valence-electron chi connectivity index (χ3n) is 4.85. The topological polar surface area (TPSA) is 40.0 Å². The van der Waals surface area contributed by atoms with Crippen LogP contribution in [0, 0.1) is 0 Å². The number of ketones is 1. The summed E-state index contributed by atoms with van der Waals surface area (Å²) in [6, 6.07) is 11.6. The molecule has 0 saturated carbocycles. The second-order valence-corrected chi connectivity index (χ2v) is 6.81. The van der Waals surface area contributed by atoms with Gasteiger partial charge in [0, 0.05) is 24.0 Å². The standard InChI is InChI=1S/C22H23F2NO3/c1-27-21-11-7-17(14-18(21)15-25-12-2-3-13-25)20(26)10-6-16-4-8-19(9-5-16)28-22(23)24/h4-11,14,22H,2-3,12-13,15H2,1H3/p+1/b10-6+. The molecule has 3 rings (SSSR count). The molecule has 1 fully saturated rings. The molecule has 1 aliphatic rings. The second kappa shape index (κ2) is 9.46. The molecule has 2 aromatic carbocycles. The van der Waals surface area contributed by atoms with Gasteiger partial charge >= 0.3 is 6.61 Å². The molecule has 0 aliphatic carbocycles. The van der Waals surface area contributed by atoms with Gasteiger partial charge in [0.25, 0.3) is 0 Å². The highest BCUT2D eigenvalue weighted by atomic mass is 19.3. The Morgan fingerprint density at radius 1 is 1.14 bits per heavy atom. The van der Waals surface area contributed by atoms with Crippen molar-refractivity contribution in [2.24, 2.45) is 0 Å². The minimum Gasteiger partial charge on any atom is -0.496 e. The Kier molecular flexibility index (Phi) is 6.76. The van der Waals surface area contributed by atoms with E-state index in [0.717, 1.165) is 36.5 Å². The summed E-state index contributed by atoms with van der Waals surface area (Å²) < 4.78 is 34.1. The first-order chi connectivity index (χ1) is 13.5. The number of carbonyl (C=O) groups is 1. The number of halogens is 2. The Balaban J connectivity index is 1.70. The SMILES string of the molecule is COc1ccc(C(=O)/C=C/c2ccc(OC(F)F)cc2)cc1C[NH+]1CCCC1. The van der Waals surface area contributed by atoms with Crippen molar-refractivity contribution in [2.75, 3.05) is 20.2 Å². The maximum atomic E-state index is 12.6. The number of carbonyl (C=O) groups excluding carboxylic acids is 1. The van der Waals surface area contributed by atoms with E-state index in [1.807, 2.05) is 12.1 Å². The molecule has 4 nitrogen and oxygen atoms in total. The van der Waals surface area contributed by atoms with Gasteiger partial charge in [0.2, 0.25) is 0 Å². The van der Waals surface area contributed by atoms with Gasteiger partial charge < -0.3 is 14.4 Å². The van der Waals surface area contributed by atoms with Gasteiger partial charge in [-0.2, -0.15) is 8.78 Å². The lowest BCUT2D eigenvalue weighted by molar-refractivity contribution is -0.901. The molecule has 0 atom stereocenters. The number of likely N-dealkylation sites (tertiary alicyclic amines) is 1. The van der Waals surface area contributed by atoms with Crippen molar-refractivity contribution in [3.63, 3.8) is 0 Å². The van der Waals surface area contributed by atoms with E-state index in [2.05, 4.69) is 4.74 Å². The van der Waals surface area contributed by atoms with E-state index in [9.17, 15) is 13.6 Å². The van der Waals surface area contributed by atoms with Crippen LogP contribution in [0.5, 0.6) is 11.5 Å². The number of benzene rings is 2. The Hall–Kier alpha value is -2.73. The Morgan fingerprint density at radius 3 is 2.50 bits per heavy atom. The van der Waals surface area contributed by atoms with Crippen molar-refractivity contribution in [3.05, 3.63) is 65.2 Å². The molecule has 2 aromatic rings. The molecule has 0 unspecified atom stereocenters. The molecule has 6 heteroatoms. The summed E-state index contributed by atoms with van der Waals surface area (Å²) in [6.07, 6.45) is 5.61. The highest BCUT2D eigenvalue weighted by Gasteiger charge is 2.18. The predicted molar refractivity (Wildman–Crippen MR) is 103 cm³/mol. The summed E-state index contributed by atoms with van der Waals surface area (Å²) in [5, 5.41) is 0. The zero-order valence-corrected chi connectivity index (χ0v) is 15.8.